The predicted molar refractivity (Wildman–Crippen MR) is 78.0 cm³/mol. The van der Waals surface area contributed by atoms with Crippen LogP contribution in [0.2, 0.25) is 10.0 Å². The van der Waals surface area contributed by atoms with Crippen molar-refractivity contribution >= 4 is 29.2 Å². The van der Waals surface area contributed by atoms with Crippen molar-refractivity contribution in [2.45, 2.75) is 13.5 Å². The summed E-state index contributed by atoms with van der Waals surface area (Å²) in [5.74, 6) is -1.24. The summed E-state index contributed by atoms with van der Waals surface area (Å²) in [6, 6.07) is 6.39. The summed E-state index contributed by atoms with van der Waals surface area (Å²) in [5, 5.41) is 10.0. The predicted octanol–water partition coefficient (Wildman–Crippen LogP) is 3.21. The number of hydrogen-bond donors (Lipinski definition) is 1. The molecule has 0 aliphatic rings. The smallest absolute Gasteiger partial charge is 0.341 e. The van der Waals surface area contributed by atoms with E-state index in [0.29, 0.717) is 22.3 Å². The second-order valence-corrected chi connectivity index (χ2v) is 5.21. The molecule has 20 heavy (non-hydrogen) atoms. The first-order chi connectivity index (χ1) is 9.38. The minimum absolute atomic E-state index is 0.263. The summed E-state index contributed by atoms with van der Waals surface area (Å²) < 4.78 is 1.67. The van der Waals surface area contributed by atoms with Crippen molar-refractivity contribution in [3.63, 3.8) is 0 Å². The van der Waals surface area contributed by atoms with Crippen LogP contribution in [-0.4, -0.2) is 15.6 Å². The number of carbonyl (C=O) groups is 1. The minimum Gasteiger partial charge on any atom is -0.477 e. The Morgan fingerprint density at radius 3 is 2.60 bits per heavy atom. The van der Waals surface area contributed by atoms with Crippen LogP contribution < -0.4 is 5.43 Å². The number of carboxylic acid groups (broad SMARTS) is 1. The van der Waals surface area contributed by atoms with Crippen LogP contribution in [0.4, 0.5) is 0 Å². The van der Waals surface area contributed by atoms with E-state index in [9.17, 15) is 9.59 Å². The van der Waals surface area contributed by atoms with Crippen molar-refractivity contribution in [1.82, 2.24) is 4.57 Å². The molecule has 4 nitrogen and oxygen atoms in total. The van der Waals surface area contributed by atoms with Gasteiger partial charge in [0.2, 0.25) is 0 Å². The summed E-state index contributed by atoms with van der Waals surface area (Å²) in [6.45, 7) is 2.10. The Bertz CT molecular complexity index is 738. The quantitative estimate of drug-likeness (QED) is 0.947. The van der Waals surface area contributed by atoms with Crippen LogP contribution >= 0.6 is 23.2 Å². The van der Waals surface area contributed by atoms with Crippen LogP contribution in [0.15, 0.2) is 35.3 Å². The number of pyridine rings is 1. The molecule has 0 saturated carbocycles. The lowest BCUT2D eigenvalue weighted by Crippen LogP contribution is -2.19. The van der Waals surface area contributed by atoms with Crippen LogP contribution in [0.1, 0.15) is 21.6 Å². The van der Waals surface area contributed by atoms with E-state index >= 15 is 0 Å². The summed E-state index contributed by atoms with van der Waals surface area (Å²) >= 11 is 11.9. The van der Waals surface area contributed by atoms with Gasteiger partial charge in [-0.15, -0.1) is 0 Å². The third-order valence-electron chi connectivity index (χ3n) is 2.93. The normalized spacial score (nSPS) is 10.6. The molecule has 1 N–H and O–H groups in total. The van der Waals surface area contributed by atoms with Gasteiger partial charge in [0.15, 0.2) is 5.43 Å². The molecule has 2 aromatic rings. The zero-order valence-corrected chi connectivity index (χ0v) is 12.1. The maximum absolute atomic E-state index is 11.6. The van der Waals surface area contributed by atoms with Crippen LogP contribution in [0.3, 0.4) is 0 Å². The molecule has 0 aliphatic carbocycles. The van der Waals surface area contributed by atoms with Gasteiger partial charge in [-0.05, 0) is 24.6 Å². The van der Waals surface area contributed by atoms with Gasteiger partial charge in [0.1, 0.15) is 5.56 Å². The number of aromatic carboxylic acids is 1. The Hall–Kier alpha value is -1.78. The molecule has 0 amide bonds. The van der Waals surface area contributed by atoms with Crippen molar-refractivity contribution in [3.8, 4) is 0 Å². The Balaban J connectivity index is 2.45. The zero-order chi connectivity index (χ0) is 14.9. The second kappa shape index (κ2) is 5.69. The zero-order valence-electron chi connectivity index (χ0n) is 10.6. The Labute approximate surface area is 125 Å². The van der Waals surface area contributed by atoms with Crippen molar-refractivity contribution in [1.29, 1.82) is 0 Å². The fourth-order valence-electron chi connectivity index (χ4n) is 1.84. The summed E-state index contributed by atoms with van der Waals surface area (Å²) in [6.07, 6.45) is 1.32. The Morgan fingerprint density at radius 1 is 1.30 bits per heavy atom. The lowest BCUT2D eigenvalue weighted by Gasteiger charge is -2.12. The number of rotatable bonds is 3. The molecule has 0 radical (unpaired) electrons. The van der Waals surface area contributed by atoms with Crippen molar-refractivity contribution in [2.75, 3.05) is 0 Å². The number of halogens is 2. The molecule has 1 aromatic carbocycles. The lowest BCUT2D eigenvalue weighted by molar-refractivity contribution is 0.0694. The highest BCUT2D eigenvalue weighted by Gasteiger charge is 2.11. The first-order valence-electron chi connectivity index (χ1n) is 5.77. The lowest BCUT2D eigenvalue weighted by atomic mass is 10.2. The standard InChI is InChI=1S/C14H11Cl2NO3/c1-8-4-13(18)11(14(19)20)7-17(8)6-9-2-3-10(15)5-12(9)16/h2-5,7H,6H2,1H3,(H,19,20). The van der Waals surface area contributed by atoms with Gasteiger partial charge < -0.3 is 9.67 Å². The molecule has 0 fully saturated rings. The summed E-state index contributed by atoms with van der Waals surface area (Å²) in [4.78, 5) is 22.6. The molecule has 1 heterocycles. The highest BCUT2D eigenvalue weighted by Crippen LogP contribution is 2.22. The maximum Gasteiger partial charge on any atom is 0.341 e. The number of carboxylic acids is 1. The third-order valence-corrected chi connectivity index (χ3v) is 3.52. The SMILES string of the molecule is Cc1cc(=O)c(C(=O)O)cn1Cc1ccc(Cl)cc1Cl. The van der Waals surface area contributed by atoms with Gasteiger partial charge in [-0.1, -0.05) is 29.3 Å². The number of hydrogen-bond acceptors (Lipinski definition) is 2. The van der Waals surface area contributed by atoms with Crippen LogP contribution in [0.25, 0.3) is 0 Å². The van der Waals surface area contributed by atoms with E-state index < -0.39 is 11.4 Å². The Morgan fingerprint density at radius 2 is 2.00 bits per heavy atom. The van der Waals surface area contributed by atoms with Gasteiger partial charge in [0.25, 0.3) is 0 Å². The van der Waals surface area contributed by atoms with E-state index in [1.807, 2.05) is 0 Å². The summed E-state index contributed by atoms with van der Waals surface area (Å²) in [7, 11) is 0. The van der Waals surface area contributed by atoms with Crippen LogP contribution in [0.5, 0.6) is 0 Å². The van der Waals surface area contributed by atoms with Crippen LogP contribution in [-0.2, 0) is 6.54 Å². The summed E-state index contributed by atoms with van der Waals surface area (Å²) in [5.41, 5.74) is 0.680. The monoisotopic (exact) mass is 311 g/mol. The van der Waals surface area contributed by atoms with Gasteiger partial charge in [-0.2, -0.15) is 0 Å². The highest BCUT2D eigenvalue weighted by molar-refractivity contribution is 6.35. The van der Waals surface area contributed by atoms with E-state index in [4.69, 9.17) is 28.3 Å². The highest BCUT2D eigenvalue weighted by atomic mass is 35.5. The molecule has 0 saturated heterocycles. The molecular weight excluding hydrogens is 301 g/mol. The molecule has 1 aromatic heterocycles. The Kier molecular flexibility index (Phi) is 4.16. The minimum atomic E-state index is -1.24. The van der Waals surface area contributed by atoms with E-state index in [-0.39, 0.29) is 5.56 Å². The second-order valence-electron chi connectivity index (χ2n) is 4.36. The van der Waals surface area contributed by atoms with Gasteiger partial charge in [0.05, 0.1) is 0 Å². The van der Waals surface area contributed by atoms with E-state index in [0.717, 1.165) is 5.56 Å². The van der Waals surface area contributed by atoms with Gasteiger partial charge in [-0.25, -0.2) is 4.79 Å². The average molecular weight is 312 g/mol. The molecule has 0 bridgehead atoms. The third kappa shape index (κ3) is 3.03. The van der Waals surface area contributed by atoms with Gasteiger partial charge in [-0.3, -0.25) is 4.79 Å². The largest absolute Gasteiger partial charge is 0.477 e. The molecule has 0 unspecified atom stereocenters. The molecule has 104 valence electrons. The first kappa shape index (κ1) is 14.6. The molecule has 2 rings (SSSR count). The van der Waals surface area contributed by atoms with Crippen LogP contribution in [0, 0.1) is 6.92 Å². The number of benzene rings is 1. The average Bonchev–Trinajstić information content (AvgIpc) is 2.35. The fourth-order valence-corrected chi connectivity index (χ4v) is 2.30. The number of aryl methyl sites for hydroxylation is 1. The fraction of sp³-hybridized carbons (Fsp3) is 0.143. The van der Waals surface area contributed by atoms with E-state index in [1.165, 1.54) is 12.3 Å². The maximum atomic E-state index is 11.6. The molecule has 6 heteroatoms. The number of aromatic nitrogens is 1. The van der Waals surface area contributed by atoms with Gasteiger partial charge >= 0.3 is 5.97 Å². The van der Waals surface area contributed by atoms with Crippen molar-refractivity contribution < 1.29 is 9.90 Å². The molecular formula is C14H11Cl2NO3. The van der Waals surface area contributed by atoms with E-state index in [2.05, 4.69) is 0 Å². The first-order valence-corrected chi connectivity index (χ1v) is 6.52. The topological polar surface area (TPSA) is 59.3 Å². The number of nitrogens with zero attached hydrogens (tertiary/aromatic N) is 1. The molecule has 0 atom stereocenters. The molecule has 0 spiro atoms. The van der Waals surface area contributed by atoms with Gasteiger partial charge in [0, 0.05) is 34.5 Å². The van der Waals surface area contributed by atoms with Crippen molar-refractivity contribution in [2.24, 2.45) is 0 Å². The van der Waals surface area contributed by atoms with Crippen molar-refractivity contribution in [3.05, 3.63) is 67.6 Å². The molecule has 0 aliphatic heterocycles. The van der Waals surface area contributed by atoms with E-state index in [1.54, 1.807) is 29.7 Å².